The van der Waals surface area contributed by atoms with Crippen LogP contribution in [0.4, 0.5) is 0 Å². The van der Waals surface area contributed by atoms with Gasteiger partial charge in [0.05, 0.1) is 19.2 Å². The van der Waals surface area contributed by atoms with Crippen molar-refractivity contribution in [1.82, 2.24) is 0 Å². The third kappa shape index (κ3) is 4.82. The maximum absolute atomic E-state index is 12.0. The van der Waals surface area contributed by atoms with E-state index >= 15 is 0 Å². The van der Waals surface area contributed by atoms with Gasteiger partial charge in [-0.25, -0.2) is 0 Å². The second-order valence-electron chi connectivity index (χ2n) is 6.75. The predicted octanol–water partition coefficient (Wildman–Crippen LogP) is 1.18. The molecular weight excluding hydrogens is 478 g/mol. The lowest BCUT2D eigenvalue weighted by molar-refractivity contribution is -0.144. The van der Waals surface area contributed by atoms with Crippen molar-refractivity contribution in [1.29, 1.82) is 0 Å². The fourth-order valence-corrected chi connectivity index (χ4v) is 8.08. The molecule has 2 nitrogen and oxygen atoms in total. The highest BCUT2D eigenvalue weighted by Crippen LogP contribution is 2.56. The zero-order valence-electron chi connectivity index (χ0n) is 16.3. The van der Waals surface area contributed by atoms with E-state index in [2.05, 4.69) is 91.0 Å². The smallest absolute Gasteiger partial charge is 0.308 e. The van der Waals surface area contributed by atoms with Crippen LogP contribution in [0.5, 0.6) is 0 Å². The van der Waals surface area contributed by atoms with Gasteiger partial charge in [0.25, 0.3) is 0 Å². The monoisotopic (exact) mass is 504 g/mol. The molecule has 0 fully saturated rings. The fourth-order valence-electron chi connectivity index (χ4n) is 3.59. The van der Waals surface area contributed by atoms with E-state index in [1.54, 1.807) is 0 Å². The Hall–Kier alpha value is -1.71. The Morgan fingerprint density at radius 1 is 0.786 bits per heavy atom. The number of hydrogen-bond donors (Lipinski definition) is 0. The van der Waals surface area contributed by atoms with Crippen molar-refractivity contribution in [2.75, 3.05) is 13.3 Å². The number of hydrogen-bond acceptors (Lipinski definition) is 2. The lowest BCUT2D eigenvalue weighted by atomic mass is 10.1. The molecule has 0 aromatic heterocycles. The maximum Gasteiger partial charge on any atom is 0.308 e. The molecule has 0 bridgehead atoms. The third-order valence-electron chi connectivity index (χ3n) is 5.09. The molecule has 146 valence electrons. The van der Waals surface area contributed by atoms with E-state index in [1.807, 2.05) is 6.92 Å². The summed E-state index contributed by atoms with van der Waals surface area (Å²) < 4.78 is 4.97. The van der Waals surface area contributed by atoms with E-state index < -0.39 is 7.26 Å². The first kappa shape index (κ1) is 22.6. The van der Waals surface area contributed by atoms with Crippen LogP contribution in [0, 0.1) is 5.92 Å². The first-order chi connectivity index (χ1) is 13.2. The molecule has 3 rings (SSSR count). The van der Waals surface area contributed by atoms with Crippen LogP contribution in [-0.4, -0.2) is 19.2 Å². The summed E-state index contributed by atoms with van der Waals surface area (Å²) in [7, 11) is -0.400. The number of carbonyl (C=O) groups excluding carboxylic acids is 1. The van der Waals surface area contributed by atoms with E-state index in [9.17, 15) is 4.79 Å². The number of rotatable bonds is 7. The van der Waals surface area contributed by atoms with Gasteiger partial charge in [0.15, 0.2) is 0 Å². The Morgan fingerprint density at radius 3 is 1.46 bits per heavy atom. The molecule has 0 aliphatic heterocycles. The highest BCUT2D eigenvalue weighted by Gasteiger charge is 2.45. The first-order valence-electron chi connectivity index (χ1n) is 9.31. The Balaban J connectivity index is 0.00000280. The first-order valence-corrected chi connectivity index (χ1v) is 11.3. The largest absolute Gasteiger partial charge is 1.00 e. The van der Waals surface area contributed by atoms with Gasteiger partial charge in [-0.3, -0.25) is 4.79 Å². The molecule has 0 aliphatic carbocycles. The molecule has 0 saturated carbocycles. The lowest BCUT2D eigenvalue weighted by Crippen LogP contribution is -3.00. The van der Waals surface area contributed by atoms with Crippen LogP contribution in [0.25, 0.3) is 0 Å². The number of ether oxygens (including phenoxy) is 1. The van der Waals surface area contributed by atoms with Crippen molar-refractivity contribution in [3.05, 3.63) is 91.0 Å². The van der Waals surface area contributed by atoms with Gasteiger partial charge in [0, 0.05) is 0 Å². The number of halogens is 1. The molecule has 4 heteroatoms. The molecule has 1 atom stereocenters. The number of methoxy groups -OCH3 is 1. The normalized spacial score (nSPS) is 11.9. The van der Waals surface area contributed by atoms with E-state index in [0.717, 1.165) is 12.6 Å². The summed E-state index contributed by atoms with van der Waals surface area (Å²) in [5.41, 5.74) is 0. The second-order valence-corrected chi connectivity index (χ2v) is 10.4. The molecule has 1 unspecified atom stereocenters. The highest BCUT2D eigenvalue weighted by atomic mass is 127. The zero-order valence-corrected chi connectivity index (χ0v) is 19.3. The molecule has 0 spiro atoms. The van der Waals surface area contributed by atoms with Crippen LogP contribution >= 0.6 is 7.26 Å². The van der Waals surface area contributed by atoms with Gasteiger partial charge in [-0.15, -0.1) is 0 Å². The molecule has 28 heavy (non-hydrogen) atoms. The minimum atomic E-state index is -1.87. The van der Waals surface area contributed by atoms with Crippen LogP contribution in [-0.2, 0) is 9.53 Å². The average molecular weight is 504 g/mol. The molecule has 0 heterocycles. The Bertz CT molecular complexity index is 757. The average Bonchev–Trinajstić information content (AvgIpc) is 2.75. The van der Waals surface area contributed by atoms with Crippen LogP contribution in [0.3, 0.4) is 0 Å². The summed E-state index contributed by atoms with van der Waals surface area (Å²) in [6, 6.07) is 32.2. The van der Waals surface area contributed by atoms with Crippen molar-refractivity contribution < 1.29 is 33.5 Å². The minimum Gasteiger partial charge on any atom is -1.00 e. The van der Waals surface area contributed by atoms with Gasteiger partial charge in [0.1, 0.15) is 23.2 Å². The third-order valence-corrected chi connectivity index (χ3v) is 9.56. The molecule has 0 radical (unpaired) electrons. The Morgan fingerprint density at radius 2 is 1.14 bits per heavy atom. The predicted molar refractivity (Wildman–Crippen MR) is 116 cm³/mol. The van der Waals surface area contributed by atoms with Gasteiger partial charge >= 0.3 is 5.97 Å². The summed E-state index contributed by atoms with van der Waals surface area (Å²) in [6.07, 6.45) is 1.72. The quantitative estimate of drug-likeness (QED) is 0.275. The fraction of sp³-hybridized carbons (Fsp3) is 0.208. The summed E-state index contributed by atoms with van der Waals surface area (Å²) in [5, 5.41) is 4.04. The van der Waals surface area contributed by atoms with E-state index in [1.165, 1.54) is 23.0 Å². The second kappa shape index (κ2) is 10.7. The standard InChI is InChI=1S/C24H26O2P.HI/c1-20(24(25)26-2)18-19-27(21-12-6-3-7-13-21,22-14-8-4-9-15-22)23-16-10-5-11-17-23;/h3-17,20H,18-19H2,1-2H3;1H/q+1;/p-1. The summed E-state index contributed by atoms with van der Waals surface area (Å²) in [4.78, 5) is 12.0. The van der Waals surface area contributed by atoms with Crippen LogP contribution in [0.2, 0.25) is 0 Å². The number of benzene rings is 3. The van der Waals surface area contributed by atoms with Gasteiger partial charge in [-0.1, -0.05) is 61.5 Å². The Labute approximate surface area is 185 Å². The van der Waals surface area contributed by atoms with Crippen LogP contribution in [0.1, 0.15) is 13.3 Å². The van der Waals surface area contributed by atoms with Crippen molar-refractivity contribution in [2.24, 2.45) is 5.92 Å². The molecule has 0 N–H and O–H groups in total. The Kier molecular flexibility index (Phi) is 8.65. The molecule has 0 amide bonds. The molecule has 0 aliphatic rings. The summed E-state index contributed by atoms with van der Waals surface area (Å²) >= 11 is 0. The van der Waals surface area contributed by atoms with E-state index in [0.29, 0.717) is 0 Å². The van der Waals surface area contributed by atoms with Crippen LogP contribution in [0.15, 0.2) is 91.0 Å². The maximum atomic E-state index is 12.0. The summed E-state index contributed by atoms with van der Waals surface area (Å²) in [5.74, 6) is -0.257. The minimum absolute atomic E-state index is 0. The van der Waals surface area contributed by atoms with Gasteiger partial charge < -0.3 is 28.7 Å². The van der Waals surface area contributed by atoms with Crippen molar-refractivity contribution in [3.8, 4) is 0 Å². The van der Waals surface area contributed by atoms with Gasteiger partial charge in [0.2, 0.25) is 0 Å². The number of esters is 1. The van der Waals surface area contributed by atoms with Gasteiger partial charge in [-0.2, -0.15) is 0 Å². The topological polar surface area (TPSA) is 26.3 Å². The van der Waals surface area contributed by atoms with Gasteiger partial charge in [-0.05, 0) is 42.8 Å². The SMILES string of the molecule is COC(=O)C(C)CC[P+](c1ccccc1)(c1ccccc1)c1ccccc1.[I-]. The molecular formula is C24H26IO2P. The number of carbonyl (C=O) groups is 1. The highest BCUT2D eigenvalue weighted by molar-refractivity contribution is 7.95. The van der Waals surface area contributed by atoms with Crippen molar-refractivity contribution in [2.45, 2.75) is 13.3 Å². The lowest BCUT2D eigenvalue weighted by Gasteiger charge is -2.28. The molecule has 0 saturated heterocycles. The molecule has 3 aromatic rings. The molecule has 3 aromatic carbocycles. The van der Waals surface area contributed by atoms with E-state index in [-0.39, 0.29) is 35.9 Å². The van der Waals surface area contributed by atoms with Crippen molar-refractivity contribution in [3.63, 3.8) is 0 Å². The zero-order chi connectivity index (χ0) is 19.1. The van der Waals surface area contributed by atoms with E-state index in [4.69, 9.17) is 4.74 Å². The van der Waals surface area contributed by atoms with Crippen molar-refractivity contribution >= 4 is 29.1 Å². The van der Waals surface area contributed by atoms with Crippen LogP contribution < -0.4 is 39.9 Å². The summed E-state index contributed by atoms with van der Waals surface area (Å²) in [6.45, 7) is 1.96.